The van der Waals surface area contributed by atoms with Gasteiger partial charge >= 0.3 is 0 Å². The van der Waals surface area contributed by atoms with Crippen molar-refractivity contribution in [2.24, 2.45) is 0 Å². The Bertz CT molecular complexity index is 1230. The SMILES string of the molecule is COc1ccc([C@@H]2CC(=O)C3=C(C2)Nc2ccccc2N[C@@H]3c2ccc(C(C)(C)C)cc2)cc1. The number of fused-ring (bicyclic) bond motifs is 1. The molecule has 3 aromatic rings. The second-order valence-corrected chi connectivity index (χ2v) is 10.3. The molecule has 174 valence electrons. The molecule has 0 amide bonds. The number of allylic oxidation sites excluding steroid dienone is 1. The fraction of sp³-hybridized carbons (Fsp3) is 0.300. The average Bonchev–Trinajstić information content (AvgIpc) is 3.00. The van der Waals surface area contributed by atoms with E-state index in [1.807, 2.05) is 24.3 Å². The number of ketones is 1. The first-order valence-electron chi connectivity index (χ1n) is 12.0. The Balaban J connectivity index is 1.55. The third-order valence-electron chi connectivity index (χ3n) is 7.01. The number of methoxy groups -OCH3 is 1. The van der Waals surface area contributed by atoms with Gasteiger partial charge in [-0.2, -0.15) is 0 Å². The van der Waals surface area contributed by atoms with Gasteiger partial charge in [-0.3, -0.25) is 4.79 Å². The lowest BCUT2D eigenvalue weighted by Gasteiger charge is -2.30. The smallest absolute Gasteiger partial charge is 0.163 e. The minimum absolute atomic E-state index is 0.0836. The molecule has 0 saturated heterocycles. The molecule has 1 heterocycles. The van der Waals surface area contributed by atoms with Crippen molar-refractivity contribution in [1.29, 1.82) is 0 Å². The molecular formula is C30H32N2O2. The minimum atomic E-state index is -0.190. The first-order valence-corrected chi connectivity index (χ1v) is 12.0. The maximum Gasteiger partial charge on any atom is 0.163 e. The van der Waals surface area contributed by atoms with Crippen molar-refractivity contribution in [3.63, 3.8) is 0 Å². The lowest BCUT2D eigenvalue weighted by molar-refractivity contribution is -0.116. The Morgan fingerprint density at radius 3 is 2.12 bits per heavy atom. The predicted octanol–water partition coefficient (Wildman–Crippen LogP) is 6.97. The van der Waals surface area contributed by atoms with Gasteiger partial charge in [0.2, 0.25) is 0 Å². The van der Waals surface area contributed by atoms with E-state index in [4.69, 9.17) is 4.74 Å². The van der Waals surface area contributed by atoms with E-state index in [2.05, 4.69) is 79.9 Å². The van der Waals surface area contributed by atoms with Crippen LogP contribution < -0.4 is 15.4 Å². The maximum absolute atomic E-state index is 13.7. The summed E-state index contributed by atoms with van der Waals surface area (Å²) in [5, 5.41) is 7.30. The number of hydrogen-bond acceptors (Lipinski definition) is 4. The van der Waals surface area contributed by atoms with E-state index in [9.17, 15) is 4.79 Å². The van der Waals surface area contributed by atoms with Crippen LogP contribution in [0.25, 0.3) is 0 Å². The largest absolute Gasteiger partial charge is 0.497 e. The highest BCUT2D eigenvalue weighted by molar-refractivity contribution is 6.01. The number of hydrogen-bond donors (Lipinski definition) is 2. The van der Waals surface area contributed by atoms with Crippen LogP contribution in [0.3, 0.4) is 0 Å². The molecular weight excluding hydrogens is 420 g/mol. The third-order valence-corrected chi connectivity index (χ3v) is 7.01. The summed E-state index contributed by atoms with van der Waals surface area (Å²) in [5.41, 5.74) is 7.52. The second-order valence-electron chi connectivity index (χ2n) is 10.3. The van der Waals surface area contributed by atoms with Crippen LogP contribution in [-0.2, 0) is 10.2 Å². The number of nitrogens with one attached hydrogen (secondary N) is 2. The van der Waals surface area contributed by atoms with Gasteiger partial charge in [0.1, 0.15) is 5.75 Å². The van der Waals surface area contributed by atoms with Crippen molar-refractivity contribution in [2.45, 2.75) is 51.0 Å². The summed E-state index contributed by atoms with van der Waals surface area (Å²) in [6.07, 6.45) is 1.29. The Labute approximate surface area is 202 Å². The van der Waals surface area contributed by atoms with Gasteiger partial charge in [0.15, 0.2) is 5.78 Å². The zero-order valence-corrected chi connectivity index (χ0v) is 20.3. The summed E-state index contributed by atoms with van der Waals surface area (Å²) in [4.78, 5) is 13.7. The van der Waals surface area contributed by atoms with Gasteiger partial charge in [0.05, 0.1) is 24.5 Å². The van der Waals surface area contributed by atoms with Gasteiger partial charge in [-0.1, -0.05) is 69.3 Å². The number of carbonyl (C=O) groups excluding carboxylic acids is 1. The quantitative estimate of drug-likeness (QED) is 0.450. The maximum atomic E-state index is 13.7. The predicted molar refractivity (Wildman–Crippen MR) is 139 cm³/mol. The monoisotopic (exact) mass is 452 g/mol. The number of ether oxygens (including phenoxy) is 1. The van der Waals surface area contributed by atoms with E-state index in [1.54, 1.807) is 7.11 Å². The highest BCUT2D eigenvalue weighted by Crippen LogP contribution is 2.44. The Hall–Kier alpha value is -3.53. The van der Waals surface area contributed by atoms with E-state index >= 15 is 0 Å². The van der Waals surface area contributed by atoms with Crippen molar-refractivity contribution in [2.75, 3.05) is 17.7 Å². The molecule has 4 heteroatoms. The van der Waals surface area contributed by atoms with Crippen LogP contribution in [0.4, 0.5) is 11.4 Å². The van der Waals surface area contributed by atoms with Gasteiger partial charge in [-0.15, -0.1) is 0 Å². The highest BCUT2D eigenvalue weighted by Gasteiger charge is 2.36. The summed E-state index contributed by atoms with van der Waals surface area (Å²) in [5.74, 6) is 1.16. The van der Waals surface area contributed by atoms with Gasteiger partial charge in [-0.25, -0.2) is 0 Å². The molecule has 2 atom stereocenters. The molecule has 34 heavy (non-hydrogen) atoms. The van der Waals surface area contributed by atoms with Crippen LogP contribution in [-0.4, -0.2) is 12.9 Å². The molecule has 1 aliphatic heterocycles. The molecule has 0 unspecified atom stereocenters. The standard InChI is InChI=1S/C30H32N2O2/c1-30(2,3)22-13-9-20(10-14-22)29-28-26(31-24-7-5-6-8-25(24)32-29)17-21(18-27(28)33)19-11-15-23(34-4)16-12-19/h5-16,21,29,31-32H,17-18H2,1-4H3/t21-,29+/m0/s1. The zero-order chi connectivity index (χ0) is 23.9. The van der Waals surface area contributed by atoms with Gasteiger partial charge in [0, 0.05) is 17.7 Å². The van der Waals surface area contributed by atoms with Crippen molar-refractivity contribution >= 4 is 17.2 Å². The van der Waals surface area contributed by atoms with E-state index in [0.29, 0.717) is 6.42 Å². The lowest BCUT2D eigenvalue weighted by Crippen LogP contribution is -2.27. The van der Waals surface area contributed by atoms with Gasteiger partial charge < -0.3 is 15.4 Å². The molecule has 2 aliphatic rings. The van der Waals surface area contributed by atoms with Gasteiger partial charge in [-0.05, 0) is 58.7 Å². The molecule has 2 N–H and O–H groups in total. The summed E-state index contributed by atoms with van der Waals surface area (Å²) in [7, 11) is 1.67. The molecule has 0 aromatic heterocycles. The Morgan fingerprint density at radius 1 is 0.824 bits per heavy atom. The van der Waals surface area contributed by atoms with E-state index < -0.39 is 0 Å². The fourth-order valence-corrected chi connectivity index (χ4v) is 5.03. The molecule has 0 bridgehead atoms. The molecule has 4 nitrogen and oxygen atoms in total. The van der Waals surface area contributed by atoms with Crippen LogP contribution in [0.15, 0.2) is 84.1 Å². The molecule has 0 spiro atoms. The third kappa shape index (κ3) is 4.21. The molecule has 5 rings (SSSR count). The summed E-state index contributed by atoms with van der Waals surface area (Å²) in [6.45, 7) is 6.66. The first-order chi connectivity index (χ1) is 16.3. The summed E-state index contributed by atoms with van der Waals surface area (Å²) in [6, 6.07) is 24.8. The van der Waals surface area contributed by atoms with Crippen molar-refractivity contribution < 1.29 is 9.53 Å². The molecule has 0 saturated carbocycles. The van der Waals surface area contributed by atoms with Crippen molar-refractivity contribution in [3.05, 3.63) is 101 Å². The summed E-state index contributed by atoms with van der Waals surface area (Å²) >= 11 is 0. The van der Waals surface area contributed by atoms with Crippen molar-refractivity contribution in [1.82, 2.24) is 0 Å². The number of rotatable bonds is 3. The van der Waals surface area contributed by atoms with Gasteiger partial charge in [0.25, 0.3) is 0 Å². The van der Waals surface area contributed by atoms with Crippen LogP contribution in [0.5, 0.6) is 5.75 Å². The van der Waals surface area contributed by atoms with Crippen LogP contribution in [0.1, 0.15) is 62.3 Å². The lowest BCUT2D eigenvalue weighted by atomic mass is 9.78. The number of Topliss-reactive ketones (excluding diaryl/α,β-unsaturated/α-hetero) is 1. The number of anilines is 2. The topological polar surface area (TPSA) is 50.4 Å². The minimum Gasteiger partial charge on any atom is -0.497 e. The van der Waals surface area contributed by atoms with Crippen LogP contribution in [0, 0.1) is 0 Å². The molecule has 0 radical (unpaired) electrons. The molecule has 3 aromatic carbocycles. The van der Waals surface area contributed by atoms with E-state index in [1.165, 1.54) is 11.1 Å². The molecule has 1 aliphatic carbocycles. The number of carbonyl (C=O) groups is 1. The fourth-order valence-electron chi connectivity index (χ4n) is 5.03. The van der Waals surface area contributed by atoms with Crippen LogP contribution >= 0.6 is 0 Å². The Morgan fingerprint density at radius 2 is 1.47 bits per heavy atom. The zero-order valence-electron chi connectivity index (χ0n) is 20.3. The van der Waals surface area contributed by atoms with E-state index in [-0.39, 0.29) is 23.2 Å². The molecule has 0 fully saturated rings. The number of benzene rings is 3. The first kappa shape index (κ1) is 22.3. The summed E-state index contributed by atoms with van der Waals surface area (Å²) < 4.78 is 5.31. The second kappa shape index (κ2) is 8.68. The highest BCUT2D eigenvalue weighted by atomic mass is 16.5. The number of para-hydroxylation sites is 2. The Kier molecular flexibility index (Phi) is 5.68. The van der Waals surface area contributed by atoms with Crippen LogP contribution in [0.2, 0.25) is 0 Å². The normalized spacial score (nSPS) is 19.9. The van der Waals surface area contributed by atoms with Crippen molar-refractivity contribution in [3.8, 4) is 5.75 Å². The average molecular weight is 453 g/mol. The van der Waals surface area contributed by atoms with E-state index in [0.717, 1.165) is 40.4 Å².